The molecular weight excluding hydrogens is 380 g/mol. The van der Waals surface area contributed by atoms with Gasteiger partial charge in [-0.1, -0.05) is 6.07 Å². The number of carbonyl (C=O) groups excluding carboxylic acids is 1. The van der Waals surface area contributed by atoms with Gasteiger partial charge in [0.2, 0.25) is 0 Å². The molecule has 0 saturated heterocycles. The summed E-state index contributed by atoms with van der Waals surface area (Å²) in [7, 11) is -4.01. The molecular formula is C15H12N4O5S2. The molecule has 1 amide bonds. The number of ether oxygens (including phenoxy) is 2. The molecule has 4 rings (SSSR count). The number of hydrogen-bond donors (Lipinski definition) is 2. The third-order valence-electron chi connectivity index (χ3n) is 3.64. The molecule has 0 aliphatic carbocycles. The maximum absolute atomic E-state index is 12.5. The normalized spacial score (nSPS) is 13.5. The Balaban J connectivity index is 1.53. The minimum atomic E-state index is -4.01. The van der Waals surface area contributed by atoms with Gasteiger partial charge in [-0.3, -0.25) is 10.2 Å². The molecule has 2 heterocycles. The fourth-order valence-corrected chi connectivity index (χ4v) is 4.03. The van der Waals surface area contributed by atoms with Crippen molar-refractivity contribution in [2.24, 2.45) is 0 Å². The van der Waals surface area contributed by atoms with Crippen molar-refractivity contribution in [1.82, 2.24) is 19.0 Å². The van der Waals surface area contributed by atoms with Crippen molar-refractivity contribution < 1.29 is 22.7 Å². The van der Waals surface area contributed by atoms with Crippen molar-refractivity contribution in [3.63, 3.8) is 0 Å². The zero-order chi connectivity index (χ0) is 18.1. The largest absolute Gasteiger partial charge is 0.486 e. The summed E-state index contributed by atoms with van der Waals surface area (Å²) in [5.41, 5.74) is 3.13. The van der Waals surface area contributed by atoms with Crippen LogP contribution in [0.5, 0.6) is 11.5 Å². The third-order valence-corrected chi connectivity index (χ3v) is 5.46. The number of sulfonamides is 1. The lowest BCUT2D eigenvalue weighted by atomic mass is 10.2. The SMILES string of the molecule is O=C(NNS(=O)(=O)c1cccc2nsnc12)c1ccc2c(c1)OCCO2. The van der Waals surface area contributed by atoms with Crippen LogP contribution in [-0.2, 0) is 10.0 Å². The van der Waals surface area contributed by atoms with E-state index in [2.05, 4.69) is 19.0 Å². The van der Waals surface area contributed by atoms with Gasteiger partial charge in [-0.25, -0.2) is 8.42 Å². The van der Waals surface area contributed by atoms with E-state index < -0.39 is 15.9 Å². The number of carbonyl (C=O) groups is 1. The van der Waals surface area contributed by atoms with Crippen molar-refractivity contribution in [1.29, 1.82) is 0 Å². The average Bonchev–Trinajstić information content (AvgIpc) is 3.14. The van der Waals surface area contributed by atoms with Gasteiger partial charge in [-0.15, -0.1) is 4.83 Å². The topological polar surface area (TPSA) is 120 Å². The summed E-state index contributed by atoms with van der Waals surface area (Å²) in [6.45, 7) is 0.825. The molecule has 0 radical (unpaired) electrons. The van der Waals surface area contributed by atoms with Crippen molar-refractivity contribution in [2.45, 2.75) is 4.90 Å². The quantitative estimate of drug-likeness (QED) is 0.638. The van der Waals surface area contributed by atoms with Crippen LogP contribution in [0.2, 0.25) is 0 Å². The van der Waals surface area contributed by atoms with E-state index in [1.165, 1.54) is 18.2 Å². The lowest BCUT2D eigenvalue weighted by Gasteiger charge is -2.18. The molecule has 0 fully saturated rings. The van der Waals surface area contributed by atoms with Gasteiger partial charge in [0.25, 0.3) is 15.9 Å². The summed E-state index contributed by atoms with van der Waals surface area (Å²) in [6.07, 6.45) is 0. The van der Waals surface area contributed by atoms with E-state index in [-0.39, 0.29) is 16.0 Å². The number of nitrogens with zero attached hydrogens (tertiary/aromatic N) is 2. The van der Waals surface area contributed by atoms with Crippen molar-refractivity contribution in [3.05, 3.63) is 42.0 Å². The molecule has 9 nitrogen and oxygen atoms in total. The maximum atomic E-state index is 12.5. The van der Waals surface area contributed by atoms with Gasteiger partial charge >= 0.3 is 0 Å². The number of nitrogens with one attached hydrogen (secondary N) is 2. The Kier molecular flexibility index (Phi) is 4.18. The van der Waals surface area contributed by atoms with Crippen LogP contribution in [0.25, 0.3) is 11.0 Å². The van der Waals surface area contributed by atoms with Crippen molar-refractivity contribution >= 4 is 38.7 Å². The van der Waals surface area contributed by atoms with E-state index in [9.17, 15) is 13.2 Å². The van der Waals surface area contributed by atoms with E-state index in [1.54, 1.807) is 18.2 Å². The molecule has 0 unspecified atom stereocenters. The first-order valence-corrected chi connectivity index (χ1v) is 9.69. The average molecular weight is 392 g/mol. The third kappa shape index (κ3) is 3.07. The smallest absolute Gasteiger partial charge is 0.266 e. The van der Waals surface area contributed by atoms with Crippen molar-refractivity contribution in [3.8, 4) is 11.5 Å². The fourth-order valence-electron chi connectivity index (χ4n) is 2.42. The highest BCUT2D eigenvalue weighted by Gasteiger charge is 2.21. The Labute approximate surface area is 152 Å². The van der Waals surface area contributed by atoms with Crippen LogP contribution in [0.15, 0.2) is 41.3 Å². The maximum Gasteiger partial charge on any atom is 0.266 e. The highest BCUT2D eigenvalue weighted by atomic mass is 32.2. The van der Waals surface area contributed by atoms with Gasteiger partial charge in [0.15, 0.2) is 11.5 Å². The van der Waals surface area contributed by atoms with Gasteiger partial charge in [-0.05, 0) is 30.3 Å². The van der Waals surface area contributed by atoms with E-state index >= 15 is 0 Å². The number of benzene rings is 2. The van der Waals surface area contributed by atoms with Gasteiger partial charge in [0.1, 0.15) is 29.1 Å². The monoisotopic (exact) mass is 392 g/mol. The molecule has 26 heavy (non-hydrogen) atoms. The summed E-state index contributed by atoms with van der Waals surface area (Å²) in [5.74, 6) is 0.343. The van der Waals surface area contributed by atoms with Crippen LogP contribution < -0.4 is 19.7 Å². The molecule has 134 valence electrons. The lowest BCUT2D eigenvalue weighted by molar-refractivity contribution is 0.0944. The Morgan fingerprint density at radius 1 is 1.08 bits per heavy atom. The molecule has 2 N–H and O–H groups in total. The second-order valence-corrected chi connectivity index (χ2v) is 7.49. The molecule has 3 aromatic rings. The molecule has 1 aliphatic heterocycles. The molecule has 1 aromatic heterocycles. The Bertz CT molecular complexity index is 1100. The van der Waals surface area contributed by atoms with E-state index in [0.29, 0.717) is 30.2 Å². The van der Waals surface area contributed by atoms with Gasteiger partial charge < -0.3 is 9.47 Å². The van der Waals surface area contributed by atoms with E-state index in [1.807, 2.05) is 0 Å². The summed E-state index contributed by atoms with van der Waals surface area (Å²) in [5, 5.41) is 0. The molecule has 0 atom stereocenters. The highest BCUT2D eigenvalue weighted by molar-refractivity contribution is 7.89. The summed E-state index contributed by atoms with van der Waals surface area (Å²) >= 11 is 0.912. The molecule has 0 bridgehead atoms. The summed E-state index contributed by atoms with van der Waals surface area (Å²) in [4.78, 5) is 14.3. The number of aromatic nitrogens is 2. The van der Waals surface area contributed by atoms with Crippen LogP contribution in [0, 0.1) is 0 Å². The molecule has 0 spiro atoms. The highest BCUT2D eigenvalue weighted by Crippen LogP contribution is 2.30. The zero-order valence-corrected chi connectivity index (χ0v) is 14.8. The first-order chi connectivity index (χ1) is 12.5. The van der Waals surface area contributed by atoms with E-state index in [4.69, 9.17) is 9.47 Å². The number of amides is 1. The molecule has 2 aromatic carbocycles. The van der Waals surface area contributed by atoms with Crippen molar-refractivity contribution in [2.75, 3.05) is 13.2 Å². The lowest BCUT2D eigenvalue weighted by Crippen LogP contribution is -2.41. The van der Waals surface area contributed by atoms with Crippen LogP contribution in [0.1, 0.15) is 10.4 Å². The van der Waals surface area contributed by atoms with E-state index in [0.717, 1.165) is 11.7 Å². The second kappa shape index (κ2) is 6.52. The number of hydrogen-bond acceptors (Lipinski definition) is 8. The summed E-state index contributed by atoms with van der Waals surface area (Å²) in [6, 6.07) is 9.21. The van der Waals surface area contributed by atoms with Gasteiger partial charge in [-0.2, -0.15) is 8.75 Å². The van der Waals surface area contributed by atoms with Gasteiger partial charge in [0, 0.05) is 5.56 Å². The minimum absolute atomic E-state index is 0.0637. The Hall–Kier alpha value is -2.76. The molecule has 11 heteroatoms. The fraction of sp³-hybridized carbons (Fsp3) is 0.133. The van der Waals surface area contributed by atoms with Crippen LogP contribution in [0.4, 0.5) is 0 Å². The van der Waals surface area contributed by atoms with Crippen LogP contribution >= 0.6 is 11.7 Å². The van der Waals surface area contributed by atoms with Crippen LogP contribution in [0.3, 0.4) is 0 Å². The molecule has 0 saturated carbocycles. The van der Waals surface area contributed by atoms with Gasteiger partial charge in [0.05, 0.1) is 11.7 Å². The Morgan fingerprint density at radius 3 is 2.73 bits per heavy atom. The first-order valence-electron chi connectivity index (χ1n) is 7.48. The second-order valence-electron chi connectivity index (χ2n) is 5.31. The minimum Gasteiger partial charge on any atom is -0.486 e. The standard InChI is InChI=1S/C15H12N4O5S2/c20-15(9-4-5-11-12(8-9)24-7-6-23-11)16-19-26(21,22)13-3-1-2-10-14(13)18-25-17-10/h1-5,8,19H,6-7H2,(H,16,20). The predicted molar refractivity (Wildman–Crippen MR) is 92.6 cm³/mol. The number of rotatable bonds is 4. The molecule has 1 aliphatic rings. The first kappa shape index (κ1) is 16.7. The Morgan fingerprint density at radius 2 is 1.88 bits per heavy atom. The van der Waals surface area contributed by atoms with Crippen LogP contribution in [-0.4, -0.2) is 36.3 Å². The number of fused-ring (bicyclic) bond motifs is 2. The predicted octanol–water partition coefficient (Wildman–Crippen LogP) is 1.09. The summed E-state index contributed by atoms with van der Waals surface area (Å²) < 4.78 is 43.7. The zero-order valence-electron chi connectivity index (χ0n) is 13.1. The number of hydrazine groups is 1.